The molecule has 0 aliphatic rings. The van der Waals surface area contributed by atoms with E-state index < -0.39 is 0 Å². The van der Waals surface area contributed by atoms with Crippen molar-refractivity contribution in [2.75, 3.05) is 12.9 Å². The summed E-state index contributed by atoms with van der Waals surface area (Å²) in [5.74, 6) is -0.127. The second kappa shape index (κ2) is 7.03. The molecular weight excluding hydrogens is 302 g/mol. The Labute approximate surface area is 114 Å². The zero-order chi connectivity index (χ0) is 12.8. The molecule has 1 aromatic carbocycles. The minimum absolute atomic E-state index is 0.0152. The van der Waals surface area contributed by atoms with E-state index in [-0.39, 0.29) is 23.8 Å². The summed E-state index contributed by atoms with van der Waals surface area (Å²) in [6.45, 7) is 1.95. The number of thioether (sulfide) groups is 1. The van der Waals surface area contributed by atoms with E-state index in [1.165, 1.54) is 0 Å². The van der Waals surface area contributed by atoms with E-state index in [1.807, 2.05) is 31.4 Å². The average molecular weight is 318 g/mol. The molecule has 1 aromatic rings. The fraction of sp³-hybridized carbons (Fsp3) is 0.417. The first-order valence-corrected chi connectivity index (χ1v) is 7.37. The highest BCUT2D eigenvalue weighted by Gasteiger charge is 2.18. The van der Waals surface area contributed by atoms with Crippen LogP contribution in [0.4, 0.5) is 0 Å². The number of hydrogen-bond donors (Lipinski definition) is 2. The van der Waals surface area contributed by atoms with Gasteiger partial charge in [0.25, 0.3) is 5.91 Å². The third kappa shape index (κ3) is 4.01. The molecule has 0 aliphatic heterocycles. The van der Waals surface area contributed by atoms with Crippen molar-refractivity contribution in [1.82, 2.24) is 5.32 Å². The largest absolute Gasteiger partial charge is 0.395 e. The van der Waals surface area contributed by atoms with E-state index in [2.05, 4.69) is 21.2 Å². The second-order valence-corrected chi connectivity index (χ2v) is 5.63. The predicted molar refractivity (Wildman–Crippen MR) is 75.5 cm³/mol. The number of nitrogens with one attached hydrogen (secondary N) is 1. The first kappa shape index (κ1) is 14.5. The third-order valence-corrected chi connectivity index (χ3v) is 4.37. The minimum Gasteiger partial charge on any atom is -0.395 e. The van der Waals surface area contributed by atoms with Crippen LogP contribution in [0.15, 0.2) is 28.7 Å². The Morgan fingerprint density at radius 1 is 1.53 bits per heavy atom. The number of hydrogen-bond acceptors (Lipinski definition) is 3. The Morgan fingerprint density at radius 3 is 2.71 bits per heavy atom. The van der Waals surface area contributed by atoms with Crippen molar-refractivity contribution < 1.29 is 9.90 Å². The van der Waals surface area contributed by atoms with Gasteiger partial charge in [-0.25, -0.2) is 0 Å². The van der Waals surface area contributed by atoms with E-state index >= 15 is 0 Å². The Balaban J connectivity index is 2.70. The molecule has 2 unspecified atom stereocenters. The number of aliphatic hydroxyl groups is 1. The molecule has 0 saturated carbocycles. The predicted octanol–water partition coefficient (Wildman–Crippen LogP) is 2.29. The standard InChI is InChI=1S/C12H16BrNO2S/c1-8(11(7-15)17-2)14-12(16)9-5-3-4-6-10(9)13/h3-6,8,11,15H,7H2,1-2H3,(H,14,16). The SMILES string of the molecule is CSC(CO)C(C)NC(=O)c1ccccc1Br. The molecule has 2 N–H and O–H groups in total. The summed E-state index contributed by atoms with van der Waals surface area (Å²) in [4.78, 5) is 12.0. The van der Waals surface area contributed by atoms with Gasteiger partial charge in [0, 0.05) is 15.8 Å². The number of carbonyl (C=O) groups is 1. The molecule has 2 atom stereocenters. The number of halogens is 1. The summed E-state index contributed by atoms with van der Waals surface area (Å²) in [5, 5.41) is 12.1. The molecule has 5 heteroatoms. The molecule has 0 radical (unpaired) electrons. The molecule has 1 amide bonds. The lowest BCUT2D eigenvalue weighted by atomic mass is 10.2. The third-order valence-electron chi connectivity index (χ3n) is 2.52. The van der Waals surface area contributed by atoms with E-state index in [9.17, 15) is 4.79 Å². The fourth-order valence-corrected chi connectivity index (χ4v) is 2.55. The van der Waals surface area contributed by atoms with Crippen molar-refractivity contribution in [3.8, 4) is 0 Å². The molecule has 3 nitrogen and oxygen atoms in total. The van der Waals surface area contributed by atoms with Gasteiger partial charge < -0.3 is 10.4 Å². The average Bonchev–Trinajstić information content (AvgIpc) is 2.31. The van der Waals surface area contributed by atoms with Crippen molar-refractivity contribution in [1.29, 1.82) is 0 Å². The molecule has 0 aromatic heterocycles. The summed E-state index contributed by atoms with van der Waals surface area (Å²) in [6, 6.07) is 7.21. The van der Waals surface area contributed by atoms with E-state index in [0.717, 1.165) is 4.47 Å². The molecular formula is C12H16BrNO2S. The van der Waals surface area contributed by atoms with Gasteiger partial charge in [-0.05, 0) is 41.2 Å². The number of rotatable bonds is 5. The minimum atomic E-state index is -0.127. The summed E-state index contributed by atoms with van der Waals surface area (Å²) in [6.07, 6.45) is 1.92. The van der Waals surface area contributed by atoms with Gasteiger partial charge >= 0.3 is 0 Å². The smallest absolute Gasteiger partial charge is 0.252 e. The van der Waals surface area contributed by atoms with E-state index in [1.54, 1.807) is 17.8 Å². The van der Waals surface area contributed by atoms with Crippen LogP contribution >= 0.6 is 27.7 Å². The van der Waals surface area contributed by atoms with Crippen molar-refractivity contribution in [2.45, 2.75) is 18.2 Å². The number of amides is 1. The van der Waals surface area contributed by atoms with Crippen LogP contribution in [0.5, 0.6) is 0 Å². The quantitative estimate of drug-likeness (QED) is 0.876. The maximum absolute atomic E-state index is 12.0. The van der Waals surface area contributed by atoms with Gasteiger partial charge in [-0.3, -0.25) is 4.79 Å². The highest BCUT2D eigenvalue weighted by atomic mass is 79.9. The Kier molecular flexibility index (Phi) is 6.02. The lowest BCUT2D eigenvalue weighted by molar-refractivity contribution is 0.0935. The van der Waals surface area contributed by atoms with Crippen LogP contribution < -0.4 is 5.32 Å². The number of benzene rings is 1. The van der Waals surface area contributed by atoms with Crippen LogP contribution in [0.1, 0.15) is 17.3 Å². The first-order chi connectivity index (χ1) is 8.10. The van der Waals surface area contributed by atoms with Crippen LogP contribution in [0.3, 0.4) is 0 Å². The van der Waals surface area contributed by atoms with Crippen LogP contribution in [0, 0.1) is 0 Å². The second-order valence-electron chi connectivity index (χ2n) is 3.70. The molecule has 1 rings (SSSR count). The molecule has 17 heavy (non-hydrogen) atoms. The van der Waals surface area contributed by atoms with Gasteiger partial charge in [0.2, 0.25) is 0 Å². The van der Waals surface area contributed by atoms with Gasteiger partial charge in [0.15, 0.2) is 0 Å². The maximum atomic E-state index is 12.0. The monoisotopic (exact) mass is 317 g/mol. The van der Waals surface area contributed by atoms with Gasteiger partial charge in [0.1, 0.15) is 0 Å². The first-order valence-electron chi connectivity index (χ1n) is 5.29. The van der Waals surface area contributed by atoms with Gasteiger partial charge in [-0.1, -0.05) is 12.1 Å². The van der Waals surface area contributed by atoms with E-state index in [4.69, 9.17) is 5.11 Å². The van der Waals surface area contributed by atoms with Gasteiger partial charge in [-0.2, -0.15) is 11.8 Å². The Morgan fingerprint density at radius 2 is 2.18 bits per heavy atom. The molecule has 0 aliphatic carbocycles. The highest BCUT2D eigenvalue weighted by molar-refractivity contribution is 9.10. The lowest BCUT2D eigenvalue weighted by Crippen LogP contribution is -2.41. The van der Waals surface area contributed by atoms with Crippen molar-refractivity contribution in [3.05, 3.63) is 34.3 Å². The van der Waals surface area contributed by atoms with Gasteiger partial charge in [0.05, 0.1) is 12.2 Å². The lowest BCUT2D eigenvalue weighted by Gasteiger charge is -2.21. The topological polar surface area (TPSA) is 49.3 Å². The van der Waals surface area contributed by atoms with E-state index in [0.29, 0.717) is 5.56 Å². The normalized spacial score (nSPS) is 14.1. The maximum Gasteiger partial charge on any atom is 0.252 e. The Hall–Kier alpha value is -0.520. The number of carbonyl (C=O) groups excluding carboxylic acids is 1. The fourth-order valence-electron chi connectivity index (χ4n) is 1.46. The highest BCUT2D eigenvalue weighted by Crippen LogP contribution is 2.17. The summed E-state index contributed by atoms with van der Waals surface area (Å²) in [5.41, 5.74) is 0.608. The van der Waals surface area contributed by atoms with Crippen LogP contribution in [-0.4, -0.2) is 35.2 Å². The van der Waals surface area contributed by atoms with Crippen LogP contribution in [0.25, 0.3) is 0 Å². The molecule has 0 saturated heterocycles. The van der Waals surface area contributed by atoms with Crippen molar-refractivity contribution >= 4 is 33.6 Å². The Bertz CT molecular complexity index is 383. The molecule has 0 heterocycles. The molecule has 0 fully saturated rings. The van der Waals surface area contributed by atoms with Crippen LogP contribution in [-0.2, 0) is 0 Å². The van der Waals surface area contributed by atoms with Gasteiger partial charge in [-0.15, -0.1) is 0 Å². The molecule has 0 spiro atoms. The van der Waals surface area contributed by atoms with Crippen molar-refractivity contribution in [2.24, 2.45) is 0 Å². The summed E-state index contributed by atoms with van der Waals surface area (Å²) in [7, 11) is 0. The number of aliphatic hydroxyl groups excluding tert-OH is 1. The summed E-state index contributed by atoms with van der Waals surface area (Å²) >= 11 is 4.89. The molecule has 94 valence electrons. The van der Waals surface area contributed by atoms with Crippen LogP contribution in [0.2, 0.25) is 0 Å². The van der Waals surface area contributed by atoms with Crippen molar-refractivity contribution in [3.63, 3.8) is 0 Å². The zero-order valence-electron chi connectivity index (χ0n) is 9.81. The molecule has 0 bridgehead atoms. The summed E-state index contributed by atoms with van der Waals surface area (Å²) < 4.78 is 0.773. The zero-order valence-corrected chi connectivity index (χ0v) is 12.2.